The predicted octanol–water partition coefficient (Wildman–Crippen LogP) is 3.62. The molecule has 0 radical (unpaired) electrons. The highest BCUT2D eigenvalue weighted by molar-refractivity contribution is 6.01. The number of rotatable bonds is 3. The molecule has 0 saturated heterocycles. The molecule has 3 nitrogen and oxygen atoms in total. The van der Waals surface area contributed by atoms with Gasteiger partial charge in [0.15, 0.2) is 11.6 Å². The van der Waals surface area contributed by atoms with Gasteiger partial charge >= 0.3 is 0 Å². The Bertz CT molecular complexity index is 650. The third kappa shape index (κ3) is 2.64. The van der Waals surface area contributed by atoms with Crippen molar-refractivity contribution >= 4 is 5.71 Å². The topological polar surface area (TPSA) is 33.6 Å². The molecule has 0 aromatic heterocycles. The molecule has 0 unspecified atom stereocenters. The van der Waals surface area contributed by atoms with Crippen molar-refractivity contribution in [3.05, 3.63) is 59.4 Å². The molecule has 1 aliphatic heterocycles. The molecule has 1 N–H and O–H groups in total. The van der Waals surface area contributed by atoms with E-state index < -0.39 is 0 Å². The first-order chi connectivity index (χ1) is 9.72. The van der Waals surface area contributed by atoms with E-state index in [2.05, 4.69) is 10.5 Å². The van der Waals surface area contributed by atoms with E-state index in [1.165, 1.54) is 6.07 Å². The smallest absolute Gasteiger partial charge is 0.165 e. The van der Waals surface area contributed by atoms with Gasteiger partial charge in [0.2, 0.25) is 0 Å². The molecular formula is C16H15FN2O. The first-order valence-corrected chi connectivity index (χ1v) is 6.56. The van der Waals surface area contributed by atoms with Crippen LogP contribution in [0.5, 0.6) is 11.5 Å². The standard InChI is InChI=1S/C16H15FN2O/c1-11-2-7-16(14(17)10-11)20-13-5-3-12(4-6-13)15-8-9-18-19-15/h2-7,10,18H,8-9H2,1H3. The molecule has 0 amide bonds. The molecule has 1 heterocycles. The SMILES string of the molecule is Cc1ccc(Oc2ccc(C3=NNCC3)cc2)c(F)c1. The average Bonchev–Trinajstić information content (AvgIpc) is 2.97. The van der Waals surface area contributed by atoms with Gasteiger partial charge in [-0.3, -0.25) is 0 Å². The van der Waals surface area contributed by atoms with Crippen LogP contribution in [0.15, 0.2) is 47.6 Å². The number of hydrogen-bond acceptors (Lipinski definition) is 3. The molecule has 1 aliphatic rings. The minimum Gasteiger partial charge on any atom is -0.454 e. The van der Waals surface area contributed by atoms with Gasteiger partial charge in [-0.05, 0) is 54.4 Å². The van der Waals surface area contributed by atoms with Gasteiger partial charge in [-0.1, -0.05) is 6.07 Å². The van der Waals surface area contributed by atoms with Gasteiger partial charge in [0.1, 0.15) is 5.75 Å². The van der Waals surface area contributed by atoms with E-state index in [0.29, 0.717) is 5.75 Å². The van der Waals surface area contributed by atoms with Gasteiger partial charge in [-0.2, -0.15) is 5.10 Å². The van der Waals surface area contributed by atoms with Crippen molar-refractivity contribution in [2.75, 3.05) is 6.54 Å². The van der Waals surface area contributed by atoms with Crippen LogP contribution in [0.25, 0.3) is 0 Å². The summed E-state index contributed by atoms with van der Waals surface area (Å²) in [5.74, 6) is 0.504. The predicted molar refractivity (Wildman–Crippen MR) is 76.8 cm³/mol. The number of hydrazone groups is 1. The molecule has 0 spiro atoms. The highest BCUT2D eigenvalue weighted by Crippen LogP contribution is 2.25. The largest absolute Gasteiger partial charge is 0.454 e. The quantitative estimate of drug-likeness (QED) is 0.924. The minimum absolute atomic E-state index is 0.239. The number of halogens is 1. The Labute approximate surface area is 117 Å². The molecule has 102 valence electrons. The lowest BCUT2D eigenvalue weighted by molar-refractivity contribution is 0.442. The van der Waals surface area contributed by atoms with Crippen LogP contribution < -0.4 is 10.2 Å². The molecule has 4 heteroatoms. The maximum atomic E-state index is 13.7. The molecule has 0 saturated carbocycles. The number of benzene rings is 2. The number of nitrogens with one attached hydrogen (secondary N) is 1. The maximum absolute atomic E-state index is 13.7. The minimum atomic E-state index is -0.349. The van der Waals surface area contributed by atoms with Crippen LogP contribution >= 0.6 is 0 Å². The third-order valence-corrected chi connectivity index (χ3v) is 3.19. The number of nitrogens with zero attached hydrogens (tertiary/aromatic N) is 1. The van der Waals surface area contributed by atoms with Crippen molar-refractivity contribution < 1.29 is 9.13 Å². The Morgan fingerprint density at radius 1 is 1.15 bits per heavy atom. The van der Waals surface area contributed by atoms with Crippen molar-refractivity contribution in [1.82, 2.24) is 5.43 Å². The molecule has 0 atom stereocenters. The van der Waals surface area contributed by atoms with Crippen molar-refractivity contribution in [3.8, 4) is 11.5 Å². The molecule has 0 bridgehead atoms. The van der Waals surface area contributed by atoms with Crippen LogP contribution in [-0.2, 0) is 0 Å². The Morgan fingerprint density at radius 2 is 1.95 bits per heavy atom. The van der Waals surface area contributed by atoms with Gasteiger partial charge in [0, 0.05) is 13.0 Å². The molecule has 3 rings (SSSR count). The normalized spacial score (nSPS) is 13.8. The zero-order valence-electron chi connectivity index (χ0n) is 11.2. The first kappa shape index (κ1) is 12.7. The Morgan fingerprint density at radius 3 is 2.60 bits per heavy atom. The van der Waals surface area contributed by atoms with E-state index >= 15 is 0 Å². The second-order valence-electron chi connectivity index (χ2n) is 4.78. The summed E-state index contributed by atoms with van der Waals surface area (Å²) < 4.78 is 19.3. The van der Waals surface area contributed by atoms with Crippen LogP contribution in [0, 0.1) is 12.7 Å². The fourth-order valence-corrected chi connectivity index (χ4v) is 2.12. The number of aryl methyl sites for hydroxylation is 1. The second kappa shape index (κ2) is 5.33. The van der Waals surface area contributed by atoms with E-state index in [1.54, 1.807) is 6.07 Å². The Balaban J connectivity index is 1.78. The van der Waals surface area contributed by atoms with E-state index in [0.717, 1.165) is 29.8 Å². The highest BCUT2D eigenvalue weighted by atomic mass is 19.1. The van der Waals surface area contributed by atoms with Gasteiger partial charge in [-0.15, -0.1) is 0 Å². The van der Waals surface area contributed by atoms with E-state index in [9.17, 15) is 4.39 Å². The summed E-state index contributed by atoms with van der Waals surface area (Å²) in [5, 5.41) is 4.21. The number of hydrogen-bond donors (Lipinski definition) is 1. The summed E-state index contributed by atoms with van der Waals surface area (Å²) in [4.78, 5) is 0. The second-order valence-corrected chi connectivity index (χ2v) is 4.78. The summed E-state index contributed by atoms with van der Waals surface area (Å²) in [6.45, 7) is 2.72. The molecule has 0 aliphatic carbocycles. The van der Waals surface area contributed by atoms with E-state index in [4.69, 9.17) is 4.74 Å². The maximum Gasteiger partial charge on any atom is 0.165 e. The molecule has 20 heavy (non-hydrogen) atoms. The van der Waals surface area contributed by atoms with Crippen LogP contribution in [0.3, 0.4) is 0 Å². The summed E-state index contributed by atoms with van der Waals surface area (Å²) in [7, 11) is 0. The Hall–Kier alpha value is -2.36. The van der Waals surface area contributed by atoms with Gasteiger partial charge in [-0.25, -0.2) is 4.39 Å². The van der Waals surface area contributed by atoms with E-state index in [1.807, 2.05) is 37.3 Å². The van der Waals surface area contributed by atoms with E-state index in [-0.39, 0.29) is 11.6 Å². The van der Waals surface area contributed by atoms with Crippen LogP contribution in [-0.4, -0.2) is 12.3 Å². The van der Waals surface area contributed by atoms with Crippen LogP contribution in [0.4, 0.5) is 4.39 Å². The zero-order valence-corrected chi connectivity index (χ0v) is 11.2. The fourth-order valence-electron chi connectivity index (χ4n) is 2.12. The van der Waals surface area contributed by atoms with Gasteiger partial charge in [0.05, 0.1) is 5.71 Å². The van der Waals surface area contributed by atoms with Crippen molar-refractivity contribution in [1.29, 1.82) is 0 Å². The molecular weight excluding hydrogens is 255 g/mol. The number of ether oxygens (including phenoxy) is 1. The van der Waals surface area contributed by atoms with Crippen molar-refractivity contribution in [2.24, 2.45) is 5.10 Å². The Kier molecular flexibility index (Phi) is 3.37. The summed E-state index contributed by atoms with van der Waals surface area (Å²) in [6.07, 6.45) is 0.923. The van der Waals surface area contributed by atoms with Gasteiger partial charge < -0.3 is 10.2 Å². The first-order valence-electron chi connectivity index (χ1n) is 6.56. The lowest BCUT2D eigenvalue weighted by Crippen LogP contribution is -1.98. The lowest BCUT2D eigenvalue weighted by Gasteiger charge is -2.08. The van der Waals surface area contributed by atoms with Gasteiger partial charge in [0.25, 0.3) is 0 Å². The third-order valence-electron chi connectivity index (χ3n) is 3.19. The van der Waals surface area contributed by atoms with Crippen LogP contribution in [0.2, 0.25) is 0 Å². The lowest BCUT2D eigenvalue weighted by atomic mass is 10.1. The van der Waals surface area contributed by atoms with Crippen molar-refractivity contribution in [3.63, 3.8) is 0 Å². The molecule has 0 fully saturated rings. The monoisotopic (exact) mass is 270 g/mol. The summed E-state index contributed by atoms with van der Waals surface area (Å²) >= 11 is 0. The fraction of sp³-hybridized carbons (Fsp3) is 0.188. The summed E-state index contributed by atoms with van der Waals surface area (Å²) in [6, 6.07) is 12.5. The average molecular weight is 270 g/mol. The molecule has 2 aromatic carbocycles. The highest BCUT2D eigenvalue weighted by Gasteiger charge is 2.09. The van der Waals surface area contributed by atoms with Crippen LogP contribution in [0.1, 0.15) is 17.5 Å². The molecule has 2 aromatic rings. The summed E-state index contributed by atoms with van der Waals surface area (Å²) in [5.41, 5.74) is 5.92. The van der Waals surface area contributed by atoms with Crippen molar-refractivity contribution in [2.45, 2.75) is 13.3 Å². The zero-order chi connectivity index (χ0) is 13.9.